The van der Waals surface area contributed by atoms with Gasteiger partial charge in [0.1, 0.15) is 5.82 Å². The van der Waals surface area contributed by atoms with Crippen LogP contribution in [0.2, 0.25) is 0 Å². The van der Waals surface area contributed by atoms with Gasteiger partial charge in [0.2, 0.25) is 5.91 Å². The smallest absolute Gasteiger partial charge is 0.280 e. The van der Waals surface area contributed by atoms with Crippen molar-refractivity contribution in [2.24, 2.45) is 0 Å². The molecule has 6 nitrogen and oxygen atoms in total. The van der Waals surface area contributed by atoms with Crippen molar-refractivity contribution in [1.82, 2.24) is 14.9 Å². The van der Waals surface area contributed by atoms with Crippen molar-refractivity contribution < 1.29 is 14.0 Å². The Morgan fingerprint density at radius 1 is 1.17 bits per heavy atom. The molecule has 1 N–H and O–H groups in total. The molecular weight excluding hydrogens is 411 g/mol. The number of amides is 2. The average Bonchev–Trinajstić information content (AvgIpc) is 3.30. The molecule has 1 aromatic carbocycles. The first-order valence-electron chi connectivity index (χ1n) is 8.89. The quantitative estimate of drug-likeness (QED) is 0.650. The number of rotatable bonds is 5. The van der Waals surface area contributed by atoms with Crippen LogP contribution in [0.25, 0.3) is 0 Å². The summed E-state index contributed by atoms with van der Waals surface area (Å²) in [5.74, 6) is -1.24. The molecule has 29 heavy (non-hydrogen) atoms. The lowest BCUT2D eigenvalue weighted by Gasteiger charge is -2.33. The maximum Gasteiger partial charge on any atom is 0.280 e. The van der Waals surface area contributed by atoms with E-state index in [9.17, 15) is 14.0 Å². The van der Waals surface area contributed by atoms with Crippen LogP contribution in [0, 0.1) is 12.7 Å². The minimum absolute atomic E-state index is 0.127. The van der Waals surface area contributed by atoms with Crippen molar-refractivity contribution in [2.45, 2.75) is 39.3 Å². The average molecular weight is 433 g/mol. The topological polar surface area (TPSA) is 75.2 Å². The number of benzene rings is 1. The summed E-state index contributed by atoms with van der Waals surface area (Å²) in [6.07, 6.45) is 0. The molecule has 0 spiro atoms. The zero-order valence-electron chi connectivity index (χ0n) is 16.5. The minimum Gasteiger partial charge on any atom is -0.349 e. The molecule has 0 radical (unpaired) electrons. The molecule has 0 aliphatic rings. The second-order valence-electron chi connectivity index (χ2n) is 7.55. The van der Waals surface area contributed by atoms with Gasteiger partial charge in [0, 0.05) is 21.5 Å². The zero-order chi connectivity index (χ0) is 21.2. The van der Waals surface area contributed by atoms with E-state index >= 15 is 0 Å². The van der Waals surface area contributed by atoms with Crippen molar-refractivity contribution in [3.05, 3.63) is 63.0 Å². The Labute approximate surface area is 176 Å². The molecule has 0 fully saturated rings. The summed E-state index contributed by atoms with van der Waals surface area (Å²) in [4.78, 5) is 28.8. The van der Waals surface area contributed by atoms with Crippen LogP contribution in [-0.4, -0.2) is 26.9 Å². The molecule has 3 rings (SSSR count). The number of carbonyl (C=O) groups is 2. The summed E-state index contributed by atoms with van der Waals surface area (Å²) in [6, 6.07) is 6.44. The van der Waals surface area contributed by atoms with E-state index in [1.165, 1.54) is 45.9 Å². The van der Waals surface area contributed by atoms with Crippen LogP contribution in [0.5, 0.6) is 0 Å². The Balaban J connectivity index is 2.16. The SMILES string of the molecule is Cc1ccsc1[C@H](C(=O)NC(C)(C)C)N(C(=O)c1csnn1)c1ccc(F)cc1. The number of hydrogen-bond acceptors (Lipinski definition) is 6. The molecule has 2 amide bonds. The molecule has 152 valence electrons. The molecule has 0 saturated heterocycles. The van der Waals surface area contributed by atoms with Crippen LogP contribution >= 0.6 is 22.9 Å². The molecule has 3 aromatic rings. The molecule has 0 aliphatic carbocycles. The number of carbonyl (C=O) groups excluding carboxylic acids is 2. The van der Waals surface area contributed by atoms with E-state index in [1.807, 2.05) is 39.1 Å². The van der Waals surface area contributed by atoms with Gasteiger partial charge >= 0.3 is 0 Å². The van der Waals surface area contributed by atoms with Crippen LogP contribution in [-0.2, 0) is 4.79 Å². The molecule has 0 unspecified atom stereocenters. The van der Waals surface area contributed by atoms with Gasteiger partial charge in [-0.3, -0.25) is 14.5 Å². The van der Waals surface area contributed by atoms with Gasteiger partial charge in [-0.2, -0.15) is 0 Å². The number of aryl methyl sites for hydroxylation is 1. The van der Waals surface area contributed by atoms with Gasteiger partial charge in [-0.05, 0) is 80.5 Å². The molecule has 2 heterocycles. The third-order valence-corrected chi connectivity index (χ3v) is 5.63. The molecule has 0 aliphatic heterocycles. The molecule has 1 atom stereocenters. The van der Waals surface area contributed by atoms with Crippen LogP contribution in [0.3, 0.4) is 0 Å². The van der Waals surface area contributed by atoms with E-state index in [2.05, 4.69) is 14.9 Å². The summed E-state index contributed by atoms with van der Waals surface area (Å²) in [5.41, 5.74) is 0.911. The van der Waals surface area contributed by atoms with Crippen molar-refractivity contribution in [3.63, 3.8) is 0 Å². The second-order valence-corrected chi connectivity index (χ2v) is 9.11. The first kappa shape index (κ1) is 21.1. The van der Waals surface area contributed by atoms with Gasteiger partial charge in [-0.15, -0.1) is 16.4 Å². The number of nitrogens with one attached hydrogen (secondary N) is 1. The number of nitrogens with zero attached hydrogens (tertiary/aromatic N) is 3. The highest BCUT2D eigenvalue weighted by molar-refractivity contribution is 7.10. The Morgan fingerprint density at radius 2 is 1.86 bits per heavy atom. The Hall–Kier alpha value is -2.65. The fraction of sp³-hybridized carbons (Fsp3) is 0.300. The van der Waals surface area contributed by atoms with Crippen LogP contribution < -0.4 is 10.2 Å². The van der Waals surface area contributed by atoms with Crippen molar-refractivity contribution in [2.75, 3.05) is 4.90 Å². The summed E-state index contributed by atoms with van der Waals surface area (Å²) in [5, 5.41) is 10.2. The van der Waals surface area contributed by atoms with Gasteiger partial charge in [0.05, 0.1) is 0 Å². The number of halogens is 1. The lowest BCUT2D eigenvalue weighted by Crippen LogP contribution is -2.49. The summed E-state index contributed by atoms with van der Waals surface area (Å²) >= 11 is 2.44. The third-order valence-electron chi connectivity index (χ3n) is 4.06. The van der Waals surface area contributed by atoms with Crippen molar-refractivity contribution >= 4 is 40.4 Å². The van der Waals surface area contributed by atoms with Crippen LogP contribution in [0.15, 0.2) is 41.1 Å². The maximum atomic E-state index is 13.5. The van der Waals surface area contributed by atoms with Gasteiger partial charge in [0.15, 0.2) is 11.7 Å². The number of hydrogen-bond donors (Lipinski definition) is 1. The van der Waals surface area contributed by atoms with Gasteiger partial charge in [-0.25, -0.2) is 4.39 Å². The standard InChI is InChI=1S/C20H21FN4O2S2/c1-12-9-10-28-17(12)16(18(26)22-20(2,3)4)25(14-7-5-13(21)6-8-14)19(27)15-11-29-24-23-15/h5-11,16H,1-4H3,(H,22,26)/t16-/m1/s1. The maximum absolute atomic E-state index is 13.5. The summed E-state index contributed by atoms with van der Waals surface area (Å²) in [7, 11) is 0. The van der Waals surface area contributed by atoms with E-state index in [0.717, 1.165) is 22.0 Å². The lowest BCUT2D eigenvalue weighted by atomic mass is 10.0. The Morgan fingerprint density at radius 3 is 2.38 bits per heavy atom. The van der Waals surface area contributed by atoms with Gasteiger partial charge in [-0.1, -0.05) is 4.49 Å². The molecule has 9 heteroatoms. The first-order chi connectivity index (χ1) is 13.7. The van der Waals surface area contributed by atoms with E-state index in [0.29, 0.717) is 5.69 Å². The number of thiophene rings is 1. The van der Waals surface area contributed by atoms with E-state index in [-0.39, 0.29) is 11.6 Å². The first-order valence-corrected chi connectivity index (χ1v) is 10.6. The van der Waals surface area contributed by atoms with E-state index in [4.69, 9.17) is 0 Å². The van der Waals surface area contributed by atoms with Gasteiger partial charge < -0.3 is 5.32 Å². The molecule has 0 saturated carbocycles. The fourth-order valence-corrected chi connectivity index (χ4v) is 4.27. The highest BCUT2D eigenvalue weighted by atomic mass is 32.1. The predicted molar refractivity (Wildman–Crippen MR) is 113 cm³/mol. The summed E-state index contributed by atoms with van der Waals surface area (Å²) in [6.45, 7) is 7.51. The Kier molecular flexibility index (Phi) is 6.09. The van der Waals surface area contributed by atoms with Crippen molar-refractivity contribution in [1.29, 1.82) is 0 Å². The highest BCUT2D eigenvalue weighted by Gasteiger charge is 2.37. The fourth-order valence-electron chi connectivity index (χ4n) is 2.82. The third kappa shape index (κ3) is 4.86. The van der Waals surface area contributed by atoms with E-state index in [1.54, 1.807) is 0 Å². The highest BCUT2D eigenvalue weighted by Crippen LogP contribution is 2.34. The number of aromatic nitrogens is 2. The van der Waals surface area contributed by atoms with Crippen LogP contribution in [0.4, 0.5) is 10.1 Å². The normalized spacial score (nSPS) is 12.4. The number of anilines is 1. The van der Waals surface area contributed by atoms with Crippen LogP contribution in [0.1, 0.15) is 47.7 Å². The largest absolute Gasteiger partial charge is 0.349 e. The minimum atomic E-state index is -0.936. The lowest BCUT2D eigenvalue weighted by molar-refractivity contribution is -0.123. The van der Waals surface area contributed by atoms with E-state index < -0.39 is 23.3 Å². The van der Waals surface area contributed by atoms with Gasteiger partial charge in [0.25, 0.3) is 5.91 Å². The summed E-state index contributed by atoms with van der Waals surface area (Å²) < 4.78 is 17.3. The molecule has 0 bridgehead atoms. The zero-order valence-corrected chi connectivity index (χ0v) is 18.1. The second kappa shape index (κ2) is 8.38. The predicted octanol–water partition coefficient (Wildman–Crippen LogP) is 4.35. The molecule has 2 aromatic heterocycles. The van der Waals surface area contributed by atoms with Crippen molar-refractivity contribution in [3.8, 4) is 0 Å². The monoisotopic (exact) mass is 432 g/mol. The Bertz CT molecular complexity index is 994. The molecular formula is C20H21FN4O2S2.